The standard InChI is InChI=1S/C22H27F3N4O2/c1-14-19(20(30)21(31)26-10-7-16-8-11-28(3)12-9-16)15(2)29(27-14)18-6-4-5-17(13-18)22(23,24)25/h4-6,13,16H,7-12H2,1-3H3,(H,26,31). The molecule has 0 radical (unpaired) electrons. The van der Waals surface area contributed by atoms with Crippen molar-refractivity contribution >= 4 is 11.7 Å². The molecule has 1 fully saturated rings. The SMILES string of the molecule is Cc1nn(-c2cccc(C(F)(F)F)c2)c(C)c1C(=O)C(=O)NCCC1CCN(C)CC1. The number of nitrogens with one attached hydrogen (secondary N) is 1. The number of hydrogen-bond acceptors (Lipinski definition) is 4. The van der Waals surface area contributed by atoms with E-state index in [1.165, 1.54) is 16.8 Å². The average Bonchev–Trinajstić information content (AvgIpc) is 3.02. The summed E-state index contributed by atoms with van der Waals surface area (Å²) in [4.78, 5) is 27.4. The van der Waals surface area contributed by atoms with Crippen LogP contribution in [0.3, 0.4) is 0 Å². The minimum Gasteiger partial charge on any atom is -0.349 e. The summed E-state index contributed by atoms with van der Waals surface area (Å²) in [6.07, 6.45) is -1.53. The number of Topliss-reactive ketones (excluding diaryl/α,β-unsaturated/α-hetero) is 1. The second-order valence-corrected chi connectivity index (χ2v) is 8.13. The van der Waals surface area contributed by atoms with Crippen molar-refractivity contribution in [1.82, 2.24) is 20.0 Å². The van der Waals surface area contributed by atoms with Crippen LogP contribution in [0.15, 0.2) is 24.3 Å². The minimum absolute atomic E-state index is 0.120. The smallest absolute Gasteiger partial charge is 0.349 e. The van der Waals surface area contributed by atoms with E-state index < -0.39 is 23.4 Å². The Balaban J connectivity index is 1.69. The number of carbonyl (C=O) groups excluding carboxylic acids is 2. The second kappa shape index (κ2) is 9.21. The van der Waals surface area contributed by atoms with Gasteiger partial charge in [-0.3, -0.25) is 9.59 Å². The molecule has 1 saturated heterocycles. The number of ketones is 1. The van der Waals surface area contributed by atoms with Crippen molar-refractivity contribution in [2.24, 2.45) is 5.92 Å². The molecule has 1 aliphatic rings. The molecule has 1 aliphatic heterocycles. The number of carbonyl (C=O) groups is 2. The van der Waals surface area contributed by atoms with E-state index in [9.17, 15) is 22.8 Å². The molecule has 6 nitrogen and oxygen atoms in total. The van der Waals surface area contributed by atoms with Gasteiger partial charge in [0.1, 0.15) is 0 Å². The van der Waals surface area contributed by atoms with Gasteiger partial charge in [0, 0.05) is 6.54 Å². The lowest BCUT2D eigenvalue weighted by molar-refractivity contribution is -0.137. The van der Waals surface area contributed by atoms with Crippen LogP contribution in [0.2, 0.25) is 0 Å². The first-order valence-corrected chi connectivity index (χ1v) is 10.3. The fraction of sp³-hybridized carbons (Fsp3) is 0.500. The molecule has 2 aromatic rings. The van der Waals surface area contributed by atoms with Gasteiger partial charge in [-0.1, -0.05) is 6.07 Å². The van der Waals surface area contributed by atoms with Crippen LogP contribution in [-0.2, 0) is 11.0 Å². The van der Waals surface area contributed by atoms with Gasteiger partial charge in [0.05, 0.1) is 28.2 Å². The lowest BCUT2D eigenvalue weighted by atomic mass is 9.94. The first-order chi connectivity index (χ1) is 14.6. The average molecular weight is 436 g/mol. The number of piperidine rings is 1. The predicted molar refractivity (Wildman–Crippen MR) is 110 cm³/mol. The maximum atomic E-state index is 13.0. The van der Waals surface area contributed by atoms with Crippen molar-refractivity contribution in [2.75, 3.05) is 26.7 Å². The summed E-state index contributed by atoms with van der Waals surface area (Å²) in [5.41, 5.74) is 0.112. The summed E-state index contributed by atoms with van der Waals surface area (Å²) in [6, 6.07) is 4.70. The quantitative estimate of drug-likeness (QED) is 0.556. The van der Waals surface area contributed by atoms with Gasteiger partial charge >= 0.3 is 6.18 Å². The van der Waals surface area contributed by atoms with E-state index in [0.29, 0.717) is 23.9 Å². The Morgan fingerprint density at radius 2 is 1.87 bits per heavy atom. The summed E-state index contributed by atoms with van der Waals surface area (Å²) in [7, 11) is 2.08. The number of likely N-dealkylation sites (tertiary alicyclic amines) is 1. The van der Waals surface area contributed by atoms with Crippen molar-refractivity contribution < 1.29 is 22.8 Å². The van der Waals surface area contributed by atoms with E-state index in [1.807, 2.05) is 0 Å². The number of aromatic nitrogens is 2. The van der Waals surface area contributed by atoms with Crippen LogP contribution in [0.1, 0.15) is 46.6 Å². The zero-order valence-corrected chi connectivity index (χ0v) is 17.9. The monoisotopic (exact) mass is 436 g/mol. The number of aryl methyl sites for hydroxylation is 1. The Morgan fingerprint density at radius 3 is 2.52 bits per heavy atom. The van der Waals surface area contributed by atoms with E-state index >= 15 is 0 Å². The van der Waals surface area contributed by atoms with Gasteiger partial charge < -0.3 is 10.2 Å². The number of benzene rings is 1. The Bertz CT molecular complexity index is 960. The second-order valence-electron chi connectivity index (χ2n) is 8.13. The van der Waals surface area contributed by atoms with E-state index in [4.69, 9.17) is 0 Å². The maximum Gasteiger partial charge on any atom is 0.416 e. The normalized spacial score (nSPS) is 15.8. The number of alkyl halides is 3. The van der Waals surface area contributed by atoms with Gasteiger partial charge in [0.15, 0.2) is 0 Å². The molecule has 0 bridgehead atoms. The molecule has 0 aliphatic carbocycles. The predicted octanol–water partition coefficient (Wildman–Crippen LogP) is 3.54. The Kier molecular flexibility index (Phi) is 6.83. The van der Waals surface area contributed by atoms with Crippen LogP contribution >= 0.6 is 0 Å². The molecule has 2 heterocycles. The maximum absolute atomic E-state index is 13.0. The number of amides is 1. The van der Waals surface area contributed by atoms with Gasteiger partial charge in [-0.25, -0.2) is 4.68 Å². The molecule has 1 amide bonds. The number of hydrogen-bond donors (Lipinski definition) is 1. The van der Waals surface area contributed by atoms with E-state index in [-0.39, 0.29) is 11.3 Å². The van der Waals surface area contributed by atoms with Crippen LogP contribution in [0.5, 0.6) is 0 Å². The highest BCUT2D eigenvalue weighted by atomic mass is 19.4. The molecule has 31 heavy (non-hydrogen) atoms. The van der Waals surface area contributed by atoms with Crippen molar-refractivity contribution in [3.8, 4) is 5.69 Å². The summed E-state index contributed by atoms with van der Waals surface area (Å²) in [5.74, 6) is -0.918. The molecule has 3 rings (SSSR count). The third-order valence-electron chi connectivity index (χ3n) is 5.82. The molecule has 0 unspecified atom stereocenters. The summed E-state index contributed by atoms with van der Waals surface area (Å²) < 4.78 is 40.4. The van der Waals surface area contributed by atoms with Crippen LogP contribution in [-0.4, -0.2) is 53.1 Å². The molecular formula is C22H27F3N4O2. The zero-order valence-electron chi connectivity index (χ0n) is 17.9. The van der Waals surface area contributed by atoms with Gasteiger partial charge in [0.25, 0.3) is 11.7 Å². The summed E-state index contributed by atoms with van der Waals surface area (Å²) in [5, 5.41) is 6.90. The van der Waals surface area contributed by atoms with Gasteiger partial charge in [0.2, 0.25) is 0 Å². The molecule has 0 spiro atoms. The van der Waals surface area contributed by atoms with Gasteiger partial charge in [-0.15, -0.1) is 0 Å². The summed E-state index contributed by atoms with van der Waals surface area (Å²) in [6.45, 7) is 5.61. The van der Waals surface area contributed by atoms with Crippen LogP contribution in [0, 0.1) is 19.8 Å². The van der Waals surface area contributed by atoms with Crippen molar-refractivity contribution in [1.29, 1.82) is 0 Å². The first-order valence-electron chi connectivity index (χ1n) is 10.3. The molecule has 9 heteroatoms. The Labute approximate surface area is 179 Å². The highest BCUT2D eigenvalue weighted by Gasteiger charge is 2.31. The fourth-order valence-electron chi connectivity index (χ4n) is 3.97. The molecular weight excluding hydrogens is 409 g/mol. The number of halogens is 3. The topological polar surface area (TPSA) is 67.2 Å². The molecule has 168 valence electrons. The molecule has 1 aromatic heterocycles. The van der Waals surface area contributed by atoms with Crippen molar-refractivity contribution in [2.45, 2.75) is 39.3 Å². The minimum atomic E-state index is -4.49. The third-order valence-corrected chi connectivity index (χ3v) is 5.82. The highest BCUT2D eigenvalue weighted by Crippen LogP contribution is 2.31. The Morgan fingerprint density at radius 1 is 1.19 bits per heavy atom. The fourth-order valence-corrected chi connectivity index (χ4v) is 3.97. The molecule has 0 saturated carbocycles. The summed E-state index contributed by atoms with van der Waals surface area (Å²) >= 11 is 0. The Hall–Kier alpha value is -2.68. The van der Waals surface area contributed by atoms with E-state index in [2.05, 4.69) is 22.4 Å². The zero-order chi connectivity index (χ0) is 22.8. The van der Waals surface area contributed by atoms with Crippen LogP contribution < -0.4 is 5.32 Å². The number of nitrogens with zero attached hydrogens (tertiary/aromatic N) is 3. The molecule has 0 atom stereocenters. The lowest BCUT2D eigenvalue weighted by Gasteiger charge is -2.28. The van der Waals surface area contributed by atoms with Crippen LogP contribution in [0.25, 0.3) is 5.69 Å². The first kappa shape index (κ1) is 23.0. The van der Waals surface area contributed by atoms with Crippen molar-refractivity contribution in [3.63, 3.8) is 0 Å². The van der Waals surface area contributed by atoms with Gasteiger partial charge in [-0.05, 0) is 77.4 Å². The third kappa shape index (κ3) is 5.33. The largest absolute Gasteiger partial charge is 0.416 e. The van der Waals surface area contributed by atoms with E-state index in [0.717, 1.165) is 44.5 Å². The highest BCUT2D eigenvalue weighted by molar-refractivity contribution is 6.43. The molecule has 1 N–H and O–H groups in total. The number of rotatable bonds is 6. The van der Waals surface area contributed by atoms with Gasteiger partial charge in [-0.2, -0.15) is 18.3 Å². The lowest BCUT2D eigenvalue weighted by Crippen LogP contribution is -2.35. The van der Waals surface area contributed by atoms with E-state index in [1.54, 1.807) is 13.8 Å². The van der Waals surface area contributed by atoms with Crippen LogP contribution in [0.4, 0.5) is 13.2 Å². The molecule has 1 aromatic carbocycles. The van der Waals surface area contributed by atoms with Crippen molar-refractivity contribution in [3.05, 3.63) is 46.8 Å².